The van der Waals surface area contributed by atoms with Gasteiger partial charge < -0.3 is 14.9 Å². The van der Waals surface area contributed by atoms with Crippen LogP contribution in [0.15, 0.2) is 34.8 Å². The van der Waals surface area contributed by atoms with Crippen LogP contribution < -0.4 is 0 Å². The summed E-state index contributed by atoms with van der Waals surface area (Å²) >= 11 is 3.39. The average Bonchev–Trinajstić information content (AvgIpc) is 3.18. The number of rotatable bonds is 2. The number of nitrogens with zero attached hydrogens (tertiary/aromatic N) is 2. The standard InChI is InChI=1S/C20H17BrN2O5/c1-19-8-9-20(2,28-19)16-15(19)17(24)22(18(16)25)12-6-7-13(23(26)27)14-10(12)4-3-5-11(14)21/h3-7,24-25H,8-9H2,1-2H3. The smallest absolute Gasteiger partial charge is 0.278 e. The number of ether oxygens (including phenoxy) is 1. The van der Waals surface area contributed by atoms with E-state index in [9.17, 15) is 20.3 Å². The average molecular weight is 445 g/mol. The van der Waals surface area contributed by atoms with Gasteiger partial charge in [-0.2, -0.15) is 0 Å². The van der Waals surface area contributed by atoms with Crippen LogP contribution in [0, 0.1) is 10.1 Å². The largest absolute Gasteiger partial charge is 0.494 e. The first kappa shape index (κ1) is 17.5. The Morgan fingerprint density at radius 3 is 2.29 bits per heavy atom. The van der Waals surface area contributed by atoms with E-state index in [4.69, 9.17) is 4.74 Å². The van der Waals surface area contributed by atoms with Crippen molar-refractivity contribution in [2.75, 3.05) is 0 Å². The van der Waals surface area contributed by atoms with Gasteiger partial charge in [-0.25, -0.2) is 0 Å². The van der Waals surface area contributed by atoms with Gasteiger partial charge in [-0.05, 0) is 54.8 Å². The number of aromatic hydroxyl groups is 2. The summed E-state index contributed by atoms with van der Waals surface area (Å²) in [4.78, 5) is 11.1. The van der Waals surface area contributed by atoms with Crippen molar-refractivity contribution in [3.05, 3.63) is 56.0 Å². The van der Waals surface area contributed by atoms with Gasteiger partial charge in [0.15, 0.2) is 0 Å². The van der Waals surface area contributed by atoms with Crippen LogP contribution in [-0.4, -0.2) is 19.7 Å². The summed E-state index contributed by atoms with van der Waals surface area (Å²) in [5.41, 5.74) is 0.299. The van der Waals surface area contributed by atoms with E-state index >= 15 is 0 Å². The van der Waals surface area contributed by atoms with Crippen molar-refractivity contribution in [3.63, 3.8) is 0 Å². The Morgan fingerprint density at radius 2 is 1.71 bits per heavy atom. The molecular formula is C20H17BrN2O5. The summed E-state index contributed by atoms with van der Waals surface area (Å²) in [6, 6.07) is 8.17. The quantitative estimate of drug-likeness (QED) is 0.429. The minimum atomic E-state index is -0.659. The molecule has 0 aliphatic carbocycles. The normalized spacial score (nSPS) is 25.4. The summed E-state index contributed by atoms with van der Waals surface area (Å²) in [5, 5.41) is 34.6. The van der Waals surface area contributed by atoms with Gasteiger partial charge in [-0.3, -0.25) is 14.7 Å². The van der Waals surface area contributed by atoms with Crippen LogP contribution in [0.3, 0.4) is 0 Å². The van der Waals surface area contributed by atoms with E-state index in [2.05, 4.69) is 15.9 Å². The van der Waals surface area contributed by atoms with Gasteiger partial charge in [0.25, 0.3) is 5.69 Å². The fraction of sp³-hybridized carbons (Fsp3) is 0.300. The van der Waals surface area contributed by atoms with Crippen LogP contribution in [0.25, 0.3) is 16.5 Å². The number of nitro groups is 1. The molecular weight excluding hydrogens is 428 g/mol. The maximum atomic E-state index is 11.5. The van der Waals surface area contributed by atoms with E-state index in [0.29, 0.717) is 32.1 Å². The fourth-order valence-electron chi connectivity index (χ4n) is 4.88. The summed E-state index contributed by atoms with van der Waals surface area (Å²) in [7, 11) is 0. The molecule has 7 nitrogen and oxygen atoms in total. The second-order valence-electron chi connectivity index (χ2n) is 7.82. The van der Waals surface area contributed by atoms with E-state index in [1.807, 2.05) is 13.8 Å². The summed E-state index contributed by atoms with van der Waals surface area (Å²) in [5.74, 6) is -0.179. The predicted molar refractivity (Wildman–Crippen MR) is 106 cm³/mol. The molecule has 2 atom stereocenters. The van der Waals surface area contributed by atoms with Crippen molar-refractivity contribution < 1.29 is 19.9 Å². The molecule has 1 saturated heterocycles. The van der Waals surface area contributed by atoms with E-state index in [1.54, 1.807) is 24.3 Å². The molecule has 1 fully saturated rings. The van der Waals surface area contributed by atoms with Crippen molar-refractivity contribution in [1.29, 1.82) is 0 Å². The summed E-state index contributed by atoms with van der Waals surface area (Å²) in [6.45, 7) is 3.83. The molecule has 2 aliphatic heterocycles. The molecule has 1 aromatic heterocycles. The molecule has 144 valence electrons. The Morgan fingerprint density at radius 1 is 1.11 bits per heavy atom. The van der Waals surface area contributed by atoms with Crippen LogP contribution >= 0.6 is 15.9 Å². The third-order valence-electron chi connectivity index (χ3n) is 6.09. The number of nitro benzene ring substituents is 1. The molecule has 0 radical (unpaired) electrons. The Balaban J connectivity index is 1.87. The predicted octanol–water partition coefficient (Wildman–Crippen LogP) is 4.97. The van der Waals surface area contributed by atoms with E-state index in [-0.39, 0.29) is 17.4 Å². The molecule has 28 heavy (non-hydrogen) atoms. The van der Waals surface area contributed by atoms with Crippen LogP contribution in [0.2, 0.25) is 0 Å². The number of hydrogen-bond donors (Lipinski definition) is 2. The zero-order chi connectivity index (χ0) is 20.0. The zero-order valence-corrected chi connectivity index (χ0v) is 16.8. The molecule has 2 bridgehead atoms. The minimum Gasteiger partial charge on any atom is -0.494 e. The van der Waals surface area contributed by atoms with Crippen molar-refractivity contribution in [3.8, 4) is 17.4 Å². The van der Waals surface area contributed by atoms with Crippen LogP contribution in [0.1, 0.15) is 37.8 Å². The molecule has 0 amide bonds. The molecule has 0 saturated carbocycles. The van der Waals surface area contributed by atoms with Crippen LogP contribution in [-0.2, 0) is 15.9 Å². The topological polar surface area (TPSA) is 97.8 Å². The Bertz CT molecular complexity index is 1160. The maximum Gasteiger partial charge on any atom is 0.278 e. The number of fused-ring (bicyclic) bond motifs is 6. The molecule has 3 aromatic rings. The lowest BCUT2D eigenvalue weighted by atomic mass is 9.80. The Labute approximate surface area is 168 Å². The fourth-order valence-corrected chi connectivity index (χ4v) is 5.45. The highest BCUT2D eigenvalue weighted by Gasteiger charge is 2.59. The second-order valence-corrected chi connectivity index (χ2v) is 8.67. The SMILES string of the molecule is CC12CCC(C)(O1)c1c2c(O)n(-c2ccc([N+](=O)[O-])c3c(Br)cccc23)c1O. The van der Waals surface area contributed by atoms with Gasteiger partial charge in [0.1, 0.15) is 0 Å². The zero-order valence-electron chi connectivity index (χ0n) is 15.2. The van der Waals surface area contributed by atoms with Gasteiger partial charge >= 0.3 is 0 Å². The first-order valence-electron chi connectivity index (χ1n) is 8.92. The molecule has 2 aliphatic rings. The lowest BCUT2D eigenvalue weighted by Crippen LogP contribution is -2.17. The highest BCUT2D eigenvalue weighted by Crippen LogP contribution is 2.64. The number of hydrogen-bond acceptors (Lipinski definition) is 5. The molecule has 0 spiro atoms. The highest BCUT2D eigenvalue weighted by atomic mass is 79.9. The van der Waals surface area contributed by atoms with E-state index in [1.165, 1.54) is 10.6 Å². The van der Waals surface area contributed by atoms with E-state index in [0.717, 1.165) is 12.8 Å². The number of benzene rings is 2. The van der Waals surface area contributed by atoms with Crippen molar-refractivity contribution in [2.45, 2.75) is 37.9 Å². The van der Waals surface area contributed by atoms with Gasteiger partial charge in [0.05, 0.1) is 38.3 Å². The molecule has 2 unspecified atom stereocenters. The van der Waals surface area contributed by atoms with Crippen molar-refractivity contribution in [2.24, 2.45) is 0 Å². The first-order valence-corrected chi connectivity index (χ1v) is 9.71. The van der Waals surface area contributed by atoms with Gasteiger partial charge in [-0.1, -0.05) is 12.1 Å². The second kappa shape index (κ2) is 5.27. The molecule has 8 heteroatoms. The third-order valence-corrected chi connectivity index (χ3v) is 6.75. The minimum absolute atomic E-state index is 0.0489. The van der Waals surface area contributed by atoms with Crippen molar-refractivity contribution >= 4 is 32.4 Å². The Hall–Kier alpha value is -2.58. The van der Waals surface area contributed by atoms with Gasteiger partial charge in [0.2, 0.25) is 11.8 Å². The lowest BCUT2D eigenvalue weighted by molar-refractivity contribution is -0.383. The first-order chi connectivity index (χ1) is 13.2. The van der Waals surface area contributed by atoms with Gasteiger partial charge in [0, 0.05) is 15.9 Å². The number of halogens is 1. The third kappa shape index (κ3) is 1.96. The molecule has 2 aromatic carbocycles. The van der Waals surface area contributed by atoms with Gasteiger partial charge in [-0.15, -0.1) is 0 Å². The van der Waals surface area contributed by atoms with E-state index < -0.39 is 16.1 Å². The number of aromatic nitrogens is 1. The lowest BCUT2D eigenvalue weighted by Gasteiger charge is -2.21. The molecule has 3 heterocycles. The summed E-state index contributed by atoms with van der Waals surface area (Å²) < 4.78 is 8.07. The molecule has 2 N–H and O–H groups in total. The monoisotopic (exact) mass is 444 g/mol. The summed E-state index contributed by atoms with van der Waals surface area (Å²) in [6.07, 6.45) is 1.50. The maximum absolute atomic E-state index is 11.5. The van der Waals surface area contributed by atoms with Crippen LogP contribution in [0.5, 0.6) is 11.8 Å². The Kier molecular flexibility index (Phi) is 3.30. The van der Waals surface area contributed by atoms with Crippen molar-refractivity contribution in [1.82, 2.24) is 4.57 Å². The van der Waals surface area contributed by atoms with Crippen LogP contribution in [0.4, 0.5) is 5.69 Å². The number of non-ortho nitro benzene ring substituents is 1. The molecule has 5 rings (SSSR count). The highest BCUT2D eigenvalue weighted by molar-refractivity contribution is 9.10.